The number of carbonyl (C=O) groups is 1. The van der Waals surface area contributed by atoms with E-state index in [9.17, 15) is 26.4 Å². The number of amides is 1. The molecule has 6 nitrogen and oxygen atoms in total. The van der Waals surface area contributed by atoms with Gasteiger partial charge in [-0.15, -0.1) is 0 Å². The number of carbonyl (C=O) groups excluding carboxylic acids is 1. The van der Waals surface area contributed by atoms with E-state index in [-0.39, 0.29) is 34.6 Å². The van der Waals surface area contributed by atoms with Crippen LogP contribution in [0, 0.1) is 0 Å². The molecule has 2 aliphatic heterocycles. The molecular formula is C20H21F3N2O4S. The molecule has 2 fully saturated rings. The summed E-state index contributed by atoms with van der Waals surface area (Å²) < 4.78 is 68.5. The van der Waals surface area contributed by atoms with Gasteiger partial charge in [-0.1, -0.05) is 12.1 Å². The van der Waals surface area contributed by atoms with Crippen LogP contribution in [-0.2, 0) is 16.0 Å². The standard InChI is InChI=1S/C20H21F3N2O4S/c21-20(22,23)14-5-3-4-13(10-14)17-6-7-18(29-17)19(26)24-15-11-30(27,28)12-16(15)25-8-1-2-9-25/h3-7,10,15-16H,1-2,8-9,11-12H2,(H,24,26). The number of halogens is 3. The Morgan fingerprint density at radius 1 is 1.10 bits per heavy atom. The first-order valence-corrected chi connectivity index (χ1v) is 11.5. The lowest BCUT2D eigenvalue weighted by Crippen LogP contribution is -2.50. The molecule has 30 heavy (non-hydrogen) atoms. The van der Waals surface area contributed by atoms with Gasteiger partial charge in [0.15, 0.2) is 15.6 Å². The monoisotopic (exact) mass is 442 g/mol. The molecule has 162 valence electrons. The Balaban J connectivity index is 1.50. The number of nitrogens with zero attached hydrogens (tertiary/aromatic N) is 1. The molecule has 0 spiro atoms. The van der Waals surface area contributed by atoms with Gasteiger partial charge >= 0.3 is 6.18 Å². The highest BCUT2D eigenvalue weighted by atomic mass is 32.2. The van der Waals surface area contributed by atoms with Gasteiger partial charge in [0.25, 0.3) is 5.91 Å². The van der Waals surface area contributed by atoms with Crippen LogP contribution in [0.2, 0.25) is 0 Å². The molecule has 1 amide bonds. The van der Waals surface area contributed by atoms with E-state index in [2.05, 4.69) is 10.2 Å². The van der Waals surface area contributed by atoms with Crippen molar-refractivity contribution >= 4 is 15.7 Å². The third kappa shape index (κ3) is 4.39. The van der Waals surface area contributed by atoms with E-state index in [1.54, 1.807) is 0 Å². The van der Waals surface area contributed by atoms with E-state index in [1.807, 2.05) is 0 Å². The smallest absolute Gasteiger partial charge is 0.416 e. The van der Waals surface area contributed by atoms with E-state index in [0.29, 0.717) is 0 Å². The van der Waals surface area contributed by atoms with Gasteiger partial charge in [-0.2, -0.15) is 13.2 Å². The van der Waals surface area contributed by atoms with Gasteiger partial charge in [0, 0.05) is 11.6 Å². The number of alkyl halides is 3. The number of hydrogen-bond donors (Lipinski definition) is 1. The van der Waals surface area contributed by atoms with E-state index in [4.69, 9.17) is 4.42 Å². The molecule has 2 aliphatic rings. The minimum Gasteiger partial charge on any atom is -0.451 e. The van der Waals surface area contributed by atoms with Crippen LogP contribution in [0.4, 0.5) is 13.2 Å². The van der Waals surface area contributed by atoms with E-state index in [0.717, 1.165) is 38.1 Å². The van der Waals surface area contributed by atoms with Crippen molar-refractivity contribution in [3.63, 3.8) is 0 Å². The highest BCUT2D eigenvalue weighted by Gasteiger charge is 2.42. The molecule has 0 saturated carbocycles. The van der Waals surface area contributed by atoms with Crippen molar-refractivity contribution in [2.45, 2.75) is 31.1 Å². The Labute approximate surface area is 172 Å². The second-order valence-electron chi connectivity index (χ2n) is 7.71. The Bertz CT molecular complexity index is 1040. The third-order valence-corrected chi connectivity index (χ3v) is 7.27. The molecule has 0 bridgehead atoms. The van der Waals surface area contributed by atoms with Gasteiger partial charge in [-0.25, -0.2) is 8.42 Å². The average Bonchev–Trinajstić information content (AvgIpc) is 3.40. The Hall–Kier alpha value is -2.33. The number of likely N-dealkylation sites (tertiary alicyclic amines) is 1. The Morgan fingerprint density at radius 2 is 1.83 bits per heavy atom. The highest BCUT2D eigenvalue weighted by Crippen LogP contribution is 2.32. The van der Waals surface area contributed by atoms with Crippen molar-refractivity contribution in [2.75, 3.05) is 24.6 Å². The van der Waals surface area contributed by atoms with Crippen LogP contribution in [0.15, 0.2) is 40.8 Å². The molecule has 0 radical (unpaired) electrons. The second-order valence-corrected chi connectivity index (χ2v) is 9.86. The lowest BCUT2D eigenvalue weighted by molar-refractivity contribution is -0.137. The third-order valence-electron chi connectivity index (χ3n) is 5.55. The first kappa shape index (κ1) is 20.9. The lowest BCUT2D eigenvalue weighted by atomic mass is 10.1. The zero-order valence-electron chi connectivity index (χ0n) is 16.0. The van der Waals surface area contributed by atoms with Crippen LogP contribution >= 0.6 is 0 Å². The summed E-state index contributed by atoms with van der Waals surface area (Å²) in [6.07, 6.45) is -2.49. The van der Waals surface area contributed by atoms with Crippen LogP contribution in [0.1, 0.15) is 29.0 Å². The van der Waals surface area contributed by atoms with Crippen LogP contribution in [0.25, 0.3) is 11.3 Å². The fourth-order valence-corrected chi connectivity index (χ4v) is 6.06. The minimum absolute atomic E-state index is 0.00554. The van der Waals surface area contributed by atoms with Gasteiger partial charge in [0.05, 0.1) is 23.1 Å². The van der Waals surface area contributed by atoms with Crippen molar-refractivity contribution < 1.29 is 30.8 Å². The number of hydrogen-bond acceptors (Lipinski definition) is 5. The zero-order valence-corrected chi connectivity index (χ0v) is 16.8. The molecule has 1 aromatic heterocycles. The van der Waals surface area contributed by atoms with E-state index in [1.165, 1.54) is 24.3 Å². The van der Waals surface area contributed by atoms with Crippen molar-refractivity contribution in [3.8, 4) is 11.3 Å². The van der Waals surface area contributed by atoms with Crippen molar-refractivity contribution in [1.82, 2.24) is 10.2 Å². The SMILES string of the molecule is O=C(NC1CS(=O)(=O)CC1N1CCCC1)c1ccc(-c2cccc(C(F)(F)F)c2)o1. The molecule has 3 heterocycles. The molecule has 4 rings (SSSR count). The molecular weight excluding hydrogens is 421 g/mol. The summed E-state index contributed by atoms with van der Waals surface area (Å²) >= 11 is 0. The maximum Gasteiger partial charge on any atom is 0.416 e. The maximum atomic E-state index is 12.9. The summed E-state index contributed by atoms with van der Waals surface area (Å²) in [5.74, 6) is -0.667. The molecule has 2 atom stereocenters. The summed E-state index contributed by atoms with van der Waals surface area (Å²) in [5.41, 5.74) is -0.616. The second kappa shape index (κ2) is 7.73. The maximum absolute atomic E-state index is 12.9. The first-order valence-electron chi connectivity index (χ1n) is 9.65. The zero-order chi connectivity index (χ0) is 21.5. The minimum atomic E-state index is -4.48. The number of rotatable bonds is 4. The summed E-state index contributed by atoms with van der Waals surface area (Å²) in [7, 11) is -3.26. The van der Waals surface area contributed by atoms with Crippen LogP contribution in [0.5, 0.6) is 0 Å². The van der Waals surface area contributed by atoms with Gasteiger partial charge < -0.3 is 9.73 Å². The predicted octanol–water partition coefficient (Wildman–Crippen LogP) is 2.96. The number of furan rings is 1. The normalized spacial score (nSPS) is 24.2. The molecule has 1 aromatic carbocycles. The molecule has 2 saturated heterocycles. The van der Waals surface area contributed by atoms with Gasteiger partial charge in [0.2, 0.25) is 0 Å². The summed E-state index contributed by atoms with van der Waals surface area (Å²) in [6.45, 7) is 1.60. The molecule has 0 aliphatic carbocycles. The predicted molar refractivity (Wildman–Crippen MR) is 104 cm³/mol. The van der Waals surface area contributed by atoms with Crippen LogP contribution in [0.3, 0.4) is 0 Å². The quantitative estimate of drug-likeness (QED) is 0.788. The molecule has 2 unspecified atom stereocenters. The van der Waals surface area contributed by atoms with Crippen molar-refractivity contribution in [3.05, 3.63) is 47.7 Å². The Morgan fingerprint density at radius 3 is 2.53 bits per heavy atom. The lowest BCUT2D eigenvalue weighted by Gasteiger charge is -2.28. The molecule has 2 aromatic rings. The summed E-state index contributed by atoms with van der Waals surface area (Å²) in [6, 6.07) is 6.61. The largest absolute Gasteiger partial charge is 0.451 e. The fourth-order valence-electron chi connectivity index (χ4n) is 4.10. The Kier molecular flexibility index (Phi) is 5.39. The van der Waals surface area contributed by atoms with Crippen molar-refractivity contribution in [1.29, 1.82) is 0 Å². The molecule has 1 N–H and O–H groups in total. The van der Waals surface area contributed by atoms with Crippen LogP contribution in [-0.4, -0.2) is 55.9 Å². The van der Waals surface area contributed by atoms with Gasteiger partial charge in [0.1, 0.15) is 5.76 Å². The molecule has 10 heteroatoms. The van der Waals surface area contributed by atoms with Crippen LogP contribution < -0.4 is 5.32 Å². The summed E-state index contributed by atoms with van der Waals surface area (Å²) in [4.78, 5) is 14.7. The number of nitrogens with one attached hydrogen (secondary N) is 1. The fraction of sp³-hybridized carbons (Fsp3) is 0.450. The highest BCUT2D eigenvalue weighted by molar-refractivity contribution is 7.91. The first-order chi connectivity index (χ1) is 14.1. The number of sulfone groups is 1. The summed E-state index contributed by atoms with van der Waals surface area (Å²) in [5, 5.41) is 2.74. The van der Waals surface area contributed by atoms with Crippen molar-refractivity contribution in [2.24, 2.45) is 0 Å². The van der Waals surface area contributed by atoms with E-state index < -0.39 is 33.5 Å². The topological polar surface area (TPSA) is 79.6 Å². The number of benzene rings is 1. The van der Waals surface area contributed by atoms with Gasteiger partial charge in [-0.05, 0) is 50.2 Å². The average molecular weight is 442 g/mol. The van der Waals surface area contributed by atoms with Gasteiger partial charge in [-0.3, -0.25) is 9.69 Å². The van der Waals surface area contributed by atoms with E-state index >= 15 is 0 Å².